The molecule has 4 nitrogen and oxygen atoms in total. The molecule has 0 radical (unpaired) electrons. The lowest BCUT2D eigenvalue weighted by atomic mass is 10.2. The zero-order valence-electron chi connectivity index (χ0n) is 10.3. The molecule has 1 aromatic rings. The van der Waals surface area contributed by atoms with Crippen LogP contribution in [0.4, 0.5) is 4.39 Å². The van der Waals surface area contributed by atoms with Crippen molar-refractivity contribution in [3.05, 3.63) is 35.6 Å². The predicted octanol–water partition coefficient (Wildman–Crippen LogP) is 0.949. The van der Waals surface area contributed by atoms with Gasteiger partial charge in [0.1, 0.15) is 5.82 Å². The fraction of sp³-hybridized carbons (Fsp3) is 0.500. The van der Waals surface area contributed by atoms with Gasteiger partial charge in [0, 0.05) is 19.6 Å². The Hall–Kier alpha value is -0.980. The number of nitrogens with one attached hydrogen (secondary N) is 1. The molecule has 1 aromatic carbocycles. The van der Waals surface area contributed by atoms with Gasteiger partial charge < -0.3 is 5.32 Å². The van der Waals surface area contributed by atoms with Crippen molar-refractivity contribution < 1.29 is 12.8 Å². The van der Waals surface area contributed by atoms with Crippen molar-refractivity contribution in [2.45, 2.75) is 18.2 Å². The van der Waals surface area contributed by atoms with Crippen LogP contribution >= 0.6 is 0 Å². The summed E-state index contributed by atoms with van der Waals surface area (Å²) in [7, 11) is -1.73. The van der Waals surface area contributed by atoms with E-state index in [0.717, 1.165) is 13.0 Å². The third-order valence-electron chi connectivity index (χ3n) is 3.25. The van der Waals surface area contributed by atoms with Crippen molar-refractivity contribution >= 4 is 10.0 Å². The maximum absolute atomic E-state index is 12.8. The molecule has 18 heavy (non-hydrogen) atoms. The van der Waals surface area contributed by atoms with Crippen LogP contribution in [-0.4, -0.2) is 38.9 Å². The molecule has 1 aliphatic heterocycles. The third-order valence-corrected chi connectivity index (χ3v) is 5.12. The molecule has 0 spiro atoms. The van der Waals surface area contributed by atoms with Gasteiger partial charge in [0.05, 0.1) is 5.75 Å². The summed E-state index contributed by atoms with van der Waals surface area (Å²) in [5.74, 6) is -0.440. The minimum Gasteiger partial charge on any atom is -0.315 e. The van der Waals surface area contributed by atoms with Crippen molar-refractivity contribution in [3.8, 4) is 0 Å². The Morgan fingerprint density at radius 2 is 2.06 bits per heavy atom. The van der Waals surface area contributed by atoms with E-state index in [1.807, 2.05) is 0 Å². The molecule has 0 aromatic heterocycles. The highest BCUT2D eigenvalue weighted by molar-refractivity contribution is 7.88. The van der Waals surface area contributed by atoms with Gasteiger partial charge in [0.25, 0.3) is 0 Å². The number of sulfonamides is 1. The first-order valence-corrected chi connectivity index (χ1v) is 7.51. The monoisotopic (exact) mass is 272 g/mol. The van der Waals surface area contributed by atoms with E-state index in [4.69, 9.17) is 0 Å². The highest BCUT2D eigenvalue weighted by Gasteiger charge is 2.28. The lowest BCUT2D eigenvalue weighted by Crippen LogP contribution is -2.38. The second-order valence-corrected chi connectivity index (χ2v) is 6.57. The Bertz CT molecular complexity index is 495. The SMILES string of the molecule is CN(C1CCNC1)S(=O)(=O)Cc1ccc(F)cc1. The van der Waals surface area contributed by atoms with Gasteiger partial charge in [-0.1, -0.05) is 12.1 Å². The third kappa shape index (κ3) is 3.07. The van der Waals surface area contributed by atoms with Crippen LogP contribution < -0.4 is 5.32 Å². The van der Waals surface area contributed by atoms with Gasteiger partial charge in [-0.3, -0.25) is 0 Å². The van der Waals surface area contributed by atoms with Gasteiger partial charge in [-0.05, 0) is 30.7 Å². The van der Waals surface area contributed by atoms with E-state index in [1.165, 1.54) is 28.6 Å². The van der Waals surface area contributed by atoms with E-state index >= 15 is 0 Å². The first kappa shape index (κ1) is 13.5. The van der Waals surface area contributed by atoms with Gasteiger partial charge >= 0.3 is 0 Å². The number of rotatable bonds is 4. The second-order valence-electron chi connectivity index (χ2n) is 4.55. The molecular weight excluding hydrogens is 255 g/mol. The molecule has 100 valence electrons. The summed E-state index contributed by atoms with van der Waals surface area (Å²) >= 11 is 0. The van der Waals surface area contributed by atoms with Crippen LogP contribution in [-0.2, 0) is 15.8 Å². The van der Waals surface area contributed by atoms with Gasteiger partial charge in [-0.2, -0.15) is 0 Å². The molecule has 1 saturated heterocycles. The Kier molecular flexibility index (Phi) is 3.99. The molecule has 1 atom stereocenters. The Labute approximate surface area is 107 Å². The summed E-state index contributed by atoms with van der Waals surface area (Å²) in [5.41, 5.74) is 0.606. The van der Waals surface area contributed by atoms with E-state index in [1.54, 1.807) is 7.05 Å². The Morgan fingerprint density at radius 3 is 2.61 bits per heavy atom. The summed E-state index contributed by atoms with van der Waals surface area (Å²) in [5, 5.41) is 3.14. The van der Waals surface area contributed by atoms with E-state index in [0.29, 0.717) is 12.1 Å². The van der Waals surface area contributed by atoms with E-state index < -0.39 is 10.0 Å². The van der Waals surface area contributed by atoms with E-state index in [2.05, 4.69) is 5.32 Å². The molecule has 1 unspecified atom stereocenters. The molecule has 0 amide bonds. The fourth-order valence-corrected chi connectivity index (χ4v) is 3.52. The van der Waals surface area contributed by atoms with Crippen molar-refractivity contribution in [3.63, 3.8) is 0 Å². The van der Waals surface area contributed by atoms with Crippen LogP contribution in [0.5, 0.6) is 0 Å². The minimum atomic E-state index is -3.34. The predicted molar refractivity (Wildman–Crippen MR) is 68.1 cm³/mol. The molecule has 0 saturated carbocycles. The number of nitrogens with zero attached hydrogens (tertiary/aromatic N) is 1. The van der Waals surface area contributed by atoms with Crippen LogP contribution in [0.2, 0.25) is 0 Å². The lowest BCUT2D eigenvalue weighted by molar-refractivity contribution is 0.387. The quantitative estimate of drug-likeness (QED) is 0.888. The second kappa shape index (κ2) is 5.34. The number of hydrogen-bond acceptors (Lipinski definition) is 3. The van der Waals surface area contributed by atoms with E-state index in [-0.39, 0.29) is 17.6 Å². The molecule has 2 rings (SSSR count). The standard InChI is InChI=1S/C12H17FN2O2S/c1-15(12-6-7-14-8-12)18(16,17)9-10-2-4-11(13)5-3-10/h2-5,12,14H,6-9H2,1H3. The highest BCUT2D eigenvalue weighted by atomic mass is 32.2. The molecule has 6 heteroatoms. The van der Waals surface area contributed by atoms with Gasteiger partial charge in [-0.25, -0.2) is 17.1 Å². The number of benzene rings is 1. The van der Waals surface area contributed by atoms with Crippen molar-refractivity contribution in [2.75, 3.05) is 20.1 Å². The topological polar surface area (TPSA) is 49.4 Å². The number of likely N-dealkylation sites (N-methyl/N-ethyl adjacent to an activating group) is 1. The summed E-state index contributed by atoms with van der Waals surface area (Å²) < 4.78 is 38.5. The van der Waals surface area contributed by atoms with Crippen LogP contribution in [0.1, 0.15) is 12.0 Å². The molecule has 0 aliphatic carbocycles. The smallest absolute Gasteiger partial charge is 0.218 e. The van der Waals surface area contributed by atoms with Gasteiger partial charge in [0.2, 0.25) is 10.0 Å². The first-order valence-electron chi connectivity index (χ1n) is 5.90. The van der Waals surface area contributed by atoms with E-state index in [9.17, 15) is 12.8 Å². The average Bonchev–Trinajstić information content (AvgIpc) is 2.84. The summed E-state index contributed by atoms with van der Waals surface area (Å²) in [6, 6.07) is 5.60. The summed E-state index contributed by atoms with van der Waals surface area (Å²) in [4.78, 5) is 0. The zero-order valence-corrected chi connectivity index (χ0v) is 11.1. The van der Waals surface area contributed by atoms with Gasteiger partial charge in [0.15, 0.2) is 0 Å². The summed E-state index contributed by atoms with van der Waals surface area (Å²) in [6.07, 6.45) is 0.832. The molecule has 1 fully saturated rings. The molecular formula is C12H17FN2O2S. The molecule has 1 heterocycles. The van der Waals surface area contributed by atoms with Crippen LogP contribution in [0.15, 0.2) is 24.3 Å². The van der Waals surface area contributed by atoms with Gasteiger partial charge in [-0.15, -0.1) is 0 Å². The molecule has 1 N–H and O–H groups in total. The maximum Gasteiger partial charge on any atom is 0.218 e. The number of hydrogen-bond donors (Lipinski definition) is 1. The normalized spacial score (nSPS) is 20.5. The Balaban J connectivity index is 2.08. The van der Waals surface area contributed by atoms with Crippen molar-refractivity contribution in [1.29, 1.82) is 0 Å². The maximum atomic E-state index is 12.8. The average molecular weight is 272 g/mol. The molecule has 1 aliphatic rings. The number of halogens is 1. The fourth-order valence-electron chi connectivity index (χ4n) is 2.07. The first-order chi connectivity index (χ1) is 8.49. The lowest BCUT2D eigenvalue weighted by Gasteiger charge is -2.23. The largest absolute Gasteiger partial charge is 0.315 e. The van der Waals surface area contributed by atoms with Crippen LogP contribution in [0.3, 0.4) is 0 Å². The van der Waals surface area contributed by atoms with Crippen LogP contribution in [0.25, 0.3) is 0 Å². The minimum absolute atomic E-state index is 0.0236. The van der Waals surface area contributed by atoms with Crippen molar-refractivity contribution in [2.24, 2.45) is 0 Å². The van der Waals surface area contributed by atoms with Crippen LogP contribution in [0, 0.1) is 5.82 Å². The summed E-state index contributed by atoms with van der Waals surface area (Å²) in [6.45, 7) is 1.54. The van der Waals surface area contributed by atoms with Crippen molar-refractivity contribution in [1.82, 2.24) is 9.62 Å². The molecule has 0 bridgehead atoms. The zero-order chi connectivity index (χ0) is 13.2. The highest BCUT2D eigenvalue weighted by Crippen LogP contribution is 2.15. The Morgan fingerprint density at radius 1 is 1.39 bits per heavy atom.